The smallest absolute Gasteiger partial charge is 0.291 e. The first kappa shape index (κ1) is 18.0. The zero-order valence-corrected chi connectivity index (χ0v) is 14.4. The first-order valence-electron chi connectivity index (χ1n) is 8.38. The van der Waals surface area contributed by atoms with Crippen molar-refractivity contribution in [2.24, 2.45) is 0 Å². The molecular weight excluding hydrogens is 342 g/mol. The number of furan rings is 1. The monoisotopic (exact) mass is 359 g/mol. The highest BCUT2D eigenvalue weighted by Crippen LogP contribution is 2.15. The quantitative estimate of drug-likeness (QED) is 0.696. The lowest BCUT2D eigenvalue weighted by molar-refractivity contribution is -0.116. The lowest BCUT2D eigenvalue weighted by Gasteiger charge is -2.07. The second-order valence-corrected chi connectivity index (χ2v) is 5.87. The van der Waals surface area contributed by atoms with Gasteiger partial charge in [0.2, 0.25) is 5.91 Å². The molecule has 1 aromatic heterocycles. The van der Waals surface area contributed by atoms with Crippen LogP contribution < -0.4 is 10.6 Å². The minimum atomic E-state index is -0.334. The number of amides is 2. The molecule has 6 heteroatoms. The minimum absolute atomic E-state index is 0.105. The number of nitriles is 1. The Labute approximate surface area is 156 Å². The zero-order chi connectivity index (χ0) is 19.1. The van der Waals surface area contributed by atoms with E-state index in [2.05, 4.69) is 16.7 Å². The molecule has 134 valence electrons. The van der Waals surface area contributed by atoms with E-state index in [0.29, 0.717) is 29.8 Å². The Morgan fingerprint density at radius 1 is 0.926 bits per heavy atom. The molecule has 0 radical (unpaired) electrons. The highest BCUT2D eigenvalue weighted by atomic mass is 16.3. The third-order valence-corrected chi connectivity index (χ3v) is 3.90. The summed E-state index contributed by atoms with van der Waals surface area (Å²) in [4.78, 5) is 24.0. The number of hydrogen-bond acceptors (Lipinski definition) is 4. The van der Waals surface area contributed by atoms with Gasteiger partial charge in [0.15, 0.2) is 5.76 Å². The molecule has 0 aliphatic heterocycles. The summed E-state index contributed by atoms with van der Waals surface area (Å²) in [5.41, 5.74) is 2.85. The molecule has 2 aromatic carbocycles. The van der Waals surface area contributed by atoms with Crippen molar-refractivity contribution in [2.45, 2.75) is 12.8 Å². The Morgan fingerprint density at radius 2 is 1.59 bits per heavy atom. The van der Waals surface area contributed by atoms with Crippen LogP contribution in [-0.4, -0.2) is 11.8 Å². The molecular formula is C21H17N3O3. The standard InChI is InChI=1S/C21H17N3O3/c22-14-16-5-3-15(4-6-16)7-12-20(25)23-17-8-10-18(11-9-17)24-21(26)19-2-1-13-27-19/h1-6,8-11,13H,7,12H2,(H,23,25)(H,24,26). The van der Waals surface area contributed by atoms with Gasteiger partial charge < -0.3 is 15.1 Å². The van der Waals surface area contributed by atoms with Gasteiger partial charge in [-0.25, -0.2) is 0 Å². The van der Waals surface area contributed by atoms with Gasteiger partial charge in [0.05, 0.1) is 17.9 Å². The molecule has 3 aromatic rings. The number of benzene rings is 2. The number of nitrogens with one attached hydrogen (secondary N) is 2. The van der Waals surface area contributed by atoms with Crippen LogP contribution in [0.5, 0.6) is 0 Å². The van der Waals surface area contributed by atoms with Crippen LogP contribution in [0, 0.1) is 11.3 Å². The van der Waals surface area contributed by atoms with Gasteiger partial charge in [-0.1, -0.05) is 12.1 Å². The van der Waals surface area contributed by atoms with Crippen molar-refractivity contribution in [3.8, 4) is 6.07 Å². The van der Waals surface area contributed by atoms with E-state index in [4.69, 9.17) is 9.68 Å². The van der Waals surface area contributed by atoms with Crippen LogP contribution in [0.1, 0.15) is 28.1 Å². The third-order valence-electron chi connectivity index (χ3n) is 3.90. The fourth-order valence-corrected chi connectivity index (χ4v) is 2.46. The fraction of sp³-hybridized carbons (Fsp3) is 0.0952. The molecule has 0 unspecified atom stereocenters. The van der Waals surface area contributed by atoms with E-state index in [0.717, 1.165) is 5.56 Å². The van der Waals surface area contributed by atoms with Gasteiger partial charge in [-0.05, 0) is 60.5 Å². The minimum Gasteiger partial charge on any atom is -0.459 e. The maximum Gasteiger partial charge on any atom is 0.291 e. The lowest BCUT2D eigenvalue weighted by Crippen LogP contribution is -2.13. The third kappa shape index (κ3) is 5.06. The molecule has 0 saturated heterocycles. The number of rotatable bonds is 6. The lowest BCUT2D eigenvalue weighted by atomic mass is 10.1. The van der Waals surface area contributed by atoms with Gasteiger partial charge in [-0.3, -0.25) is 9.59 Å². The summed E-state index contributed by atoms with van der Waals surface area (Å²) in [6, 6.07) is 19.3. The normalized spacial score (nSPS) is 10.0. The highest BCUT2D eigenvalue weighted by molar-refractivity contribution is 6.02. The van der Waals surface area contributed by atoms with E-state index in [1.165, 1.54) is 6.26 Å². The number of aryl methyl sites for hydroxylation is 1. The van der Waals surface area contributed by atoms with Gasteiger partial charge in [-0.15, -0.1) is 0 Å². The van der Waals surface area contributed by atoms with Crippen LogP contribution in [-0.2, 0) is 11.2 Å². The summed E-state index contributed by atoms with van der Waals surface area (Å²) < 4.78 is 5.04. The van der Waals surface area contributed by atoms with Crippen molar-refractivity contribution in [1.82, 2.24) is 0 Å². The number of nitrogens with zero attached hydrogens (tertiary/aromatic N) is 1. The molecule has 0 bridgehead atoms. The van der Waals surface area contributed by atoms with E-state index in [1.54, 1.807) is 48.5 Å². The Kier molecular flexibility index (Phi) is 5.65. The summed E-state index contributed by atoms with van der Waals surface area (Å²) in [6.07, 6.45) is 2.36. The summed E-state index contributed by atoms with van der Waals surface area (Å²) in [5, 5.41) is 14.3. The van der Waals surface area contributed by atoms with Crippen molar-refractivity contribution in [2.75, 3.05) is 10.6 Å². The predicted octanol–water partition coefficient (Wildman–Crippen LogP) is 3.97. The molecule has 0 aliphatic rings. The molecule has 0 fully saturated rings. The summed E-state index contributed by atoms with van der Waals surface area (Å²) in [6.45, 7) is 0. The molecule has 6 nitrogen and oxygen atoms in total. The van der Waals surface area contributed by atoms with Gasteiger partial charge >= 0.3 is 0 Å². The van der Waals surface area contributed by atoms with Crippen molar-refractivity contribution in [1.29, 1.82) is 5.26 Å². The van der Waals surface area contributed by atoms with Crippen LogP contribution in [0.4, 0.5) is 11.4 Å². The average Bonchev–Trinajstić information content (AvgIpc) is 3.23. The van der Waals surface area contributed by atoms with Crippen LogP contribution in [0.2, 0.25) is 0 Å². The van der Waals surface area contributed by atoms with Crippen molar-refractivity contribution in [3.63, 3.8) is 0 Å². The second-order valence-electron chi connectivity index (χ2n) is 5.87. The Balaban J connectivity index is 1.49. The molecule has 2 N–H and O–H groups in total. The van der Waals surface area contributed by atoms with E-state index in [1.807, 2.05) is 12.1 Å². The van der Waals surface area contributed by atoms with E-state index < -0.39 is 0 Å². The first-order chi connectivity index (χ1) is 13.1. The molecule has 0 saturated carbocycles. The van der Waals surface area contributed by atoms with E-state index >= 15 is 0 Å². The van der Waals surface area contributed by atoms with Crippen molar-refractivity contribution in [3.05, 3.63) is 83.8 Å². The van der Waals surface area contributed by atoms with Crippen LogP contribution in [0.3, 0.4) is 0 Å². The Hall–Kier alpha value is -3.85. The Morgan fingerprint density at radius 3 is 2.19 bits per heavy atom. The van der Waals surface area contributed by atoms with Crippen LogP contribution in [0.15, 0.2) is 71.3 Å². The number of carbonyl (C=O) groups is 2. The van der Waals surface area contributed by atoms with Crippen molar-refractivity contribution >= 4 is 23.2 Å². The largest absolute Gasteiger partial charge is 0.459 e. The van der Waals surface area contributed by atoms with Crippen molar-refractivity contribution < 1.29 is 14.0 Å². The molecule has 27 heavy (non-hydrogen) atoms. The molecule has 0 spiro atoms. The number of carbonyl (C=O) groups excluding carboxylic acids is 2. The molecule has 2 amide bonds. The highest BCUT2D eigenvalue weighted by Gasteiger charge is 2.09. The van der Waals surface area contributed by atoms with Gasteiger partial charge in [0.25, 0.3) is 5.91 Å². The van der Waals surface area contributed by atoms with E-state index in [-0.39, 0.29) is 17.6 Å². The molecule has 0 atom stereocenters. The zero-order valence-electron chi connectivity index (χ0n) is 14.4. The molecule has 0 aliphatic carbocycles. The topological polar surface area (TPSA) is 95.1 Å². The van der Waals surface area contributed by atoms with Gasteiger partial charge in [0, 0.05) is 17.8 Å². The predicted molar refractivity (Wildman–Crippen MR) is 101 cm³/mol. The Bertz CT molecular complexity index is 953. The van der Waals surface area contributed by atoms with Gasteiger partial charge in [0.1, 0.15) is 0 Å². The summed E-state index contributed by atoms with van der Waals surface area (Å²) >= 11 is 0. The number of hydrogen-bond donors (Lipinski definition) is 2. The van der Waals surface area contributed by atoms with Crippen LogP contribution >= 0.6 is 0 Å². The summed E-state index contributed by atoms with van der Waals surface area (Å²) in [5.74, 6) is -0.207. The average molecular weight is 359 g/mol. The fourth-order valence-electron chi connectivity index (χ4n) is 2.46. The summed E-state index contributed by atoms with van der Waals surface area (Å²) in [7, 11) is 0. The maximum absolute atomic E-state index is 12.1. The van der Waals surface area contributed by atoms with Crippen LogP contribution in [0.25, 0.3) is 0 Å². The van der Waals surface area contributed by atoms with E-state index in [9.17, 15) is 9.59 Å². The van der Waals surface area contributed by atoms with Gasteiger partial charge in [-0.2, -0.15) is 5.26 Å². The SMILES string of the molecule is N#Cc1ccc(CCC(=O)Nc2ccc(NC(=O)c3ccco3)cc2)cc1. The second kappa shape index (κ2) is 8.50. The first-order valence-corrected chi connectivity index (χ1v) is 8.38. The number of anilines is 2. The molecule has 3 rings (SSSR count). The maximum atomic E-state index is 12.1. The molecule has 1 heterocycles.